The van der Waals surface area contributed by atoms with Crippen LogP contribution in [0.5, 0.6) is 11.5 Å². The molecule has 1 N–H and O–H groups in total. The molecule has 3 aromatic rings. The minimum absolute atomic E-state index is 0.315. The molecule has 0 atom stereocenters. The van der Waals surface area contributed by atoms with Crippen LogP contribution in [0.15, 0.2) is 77.3 Å². The molecule has 0 saturated heterocycles. The summed E-state index contributed by atoms with van der Waals surface area (Å²) in [6, 6.07) is 20.8. The van der Waals surface area contributed by atoms with Crippen LogP contribution in [-0.4, -0.2) is 18.5 Å². The van der Waals surface area contributed by atoms with Gasteiger partial charge in [-0.2, -0.15) is 0 Å². The number of rotatable bonds is 6. The summed E-state index contributed by atoms with van der Waals surface area (Å²) in [5.74, 6) is 0.191. The summed E-state index contributed by atoms with van der Waals surface area (Å²) in [4.78, 5) is 24.1. The lowest BCUT2D eigenvalue weighted by Gasteiger charge is -2.09. The van der Waals surface area contributed by atoms with Crippen LogP contribution in [0.25, 0.3) is 0 Å². The lowest BCUT2D eigenvalue weighted by molar-refractivity contribution is -0.119. The molecule has 7 heteroatoms. The van der Waals surface area contributed by atoms with Crippen molar-refractivity contribution in [2.75, 3.05) is 11.9 Å². The summed E-state index contributed by atoms with van der Waals surface area (Å²) in [7, 11) is 0. The van der Waals surface area contributed by atoms with E-state index in [0.717, 1.165) is 4.47 Å². The zero-order valence-electron chi connectivity index (χ0n) is 14.5. The predicted octanol–water partition coefficient (Wildman–Crippen LogP) is 5.69. The van der Waals surface area contributed by atoms with E-state index < -0.39 is 18.5 Å². The van der Waals surface area contributed by atoms with Gasteiger partial charge in [-0.15, -0.1) is 0 Å². The molecule has 0 spiro atoms. The molecular weight excluding hydrogens is 446 g/mol. The molecule has 3 rings (SSSR count). The number of nitrogens with one attached hydrogen (secondary N) is 1. The van der Waals surface area contributed by atoms with E-state index in [9.17, 15) is 9.59 Å². The number of hydrogen-bond acceptors (Lipinski definition) is 4. The Bertz CT molecular complexity index is 977. The molecular formula is C21H15BrClNO4. The predicted molar refractivity (Wildman–Crippen MR) is 111 cm³/mol. The SMILES string of the molecule is O=C(COC(=O)c1ccc(Oc2ccccc2)cc1)Nc1ccc(Br)cc1Cl. The molecule has 142 valence electrons. The van der Waals surface area contributed by atoms with E-state index in [1.165, 1.54) is 0 Å². The number of carbonyl (C=O) groups is 2. The molecule has 0 bridgehead atoms. The van der Waals surface area contributed by atoms with Crippen molar-refractivity contribution in [3.63, 3.8) is 0 Å². The highest BCUT2D eigenvalue weighted by molar-refractivity contribution is 9.10. The second kappa shape index (κ2) is 9.39. The summed E-state index contributed by atoms with van der Waals surface area (Å²) < 4.78 is 11.5. The third-order valence-electron chi connectivity index (χ3n) is 3.61. The second-order valence-corrected chi connectivity index (χ2v) is 7.01. The summed E-state index contributed by atoms with van der Waals surface area (Å²) in [6.07, 6.45) is 0. The number of halogens is 2. The zero-order valence-corrected chi connectivity index (χ0v) is 16.9. The van der Waals surface area contributed by atoms with Crippen molar-refractivity contribution in [1.29, 1.82) is 0 Å². The Morgan fingerprint density at radius 2 is 1.61 bits per heavy atom. The third kappa shape index (κ3) is 5.58. The topological polar surface area (TPSA) is 64.6 Å². The van der Waals surface area contributed by atoms with Crippen LogP contribution in [0.3, 0.4) is 0 Å². The van der Waals surface area contributed by atoms with Crippen molar-refractivity contribution in [3.05, 3.63) is 87.9 Å². The van der Waals surface area contributed by atoms with Gasteiger partial charge in [0, 0.05) is 4.47 Å². The summed E-state index contributed by atoms with van der Waals surface area (Å²) in [5.41, 5.74) is 0.753. The van der Waals surface area contributed by atoms with Gasteiger partial charge in [0.05, 0.1) is 16.3 Å². The lowest BCUT2D eigenvalue weighted by Crippen LogP contribution is -2.21. The normalized spacial score (nSPS) is 10.2. The summed E-state index contributed by atoms with van der Waals surface area (Å²) in [5, 5.41) is 2.97. The molecule has 0 heterocycles. The fourth-order valence-corrected chi connectivity index (χ4v) is 3.00. The molecule has 1 amide bonds. The molecule has 0 saturated carbocycles. The molecule has 0 fully saturated rings. The molecule has 0 radical (unpaired) electrons. The summed E-state index contributed by atoms with van der Waals surface area (Å²) in [6.45, 7) is -0.423. The van der Waals surface area contributed by atoms with Crippen molar-refractivity contribution in [3.8, 4) is 11.5 Å². The molecule has 5 nitrogen and oxygen atoms in total. The Labute approximate surface area is 175 Å². The Morgan fingerprint density at radius 3 is 2.29 bits per heavy atom. The van der Waals surface area contributed by atoms with Crippen LogP contribution in [0.2, 0.25) is 5.02 Å². The van der Waals surface area contributed by atoms with Gasteiger partial charge in [0.25, 0.3) is 5.91 Å². The maximum Gasteiger partial charge on any atom is 0.338 e. The van der Waals surface area contributed by atoms with Gasteiger partial charge in [-0.1, -0.05) is 45.7 Å². The molecule has 0 aromatic heterocycles. The van der Waals surface area contributed by atoms with E-state index in [1.54, 1.807) is 42.5 Å². The highest BCUT2D eigenvalue weighted by Crippen LogP contribution is 2.25. The first kappa shape index (κ1) is 19.9. The Hall–Kier alpha value is -2.83. The van der Waals surface area contributed by atoms with E-state index in [4.69, 9.17) is 21.1 Å². The number of amides is 1. The number of carbonyl (C=O) groups excluding carboxylic acids is 2. The average Bonchev–Trinajstić information content (AvgIpc) is 2.70. The molecule has 28 heavy (non-hydrogen) atoms. The van der Waals surface area contributed by atoms with E-state index in [2.05, 4.69) is 21.2 Å². The van der Waals surface area contributed by atoms with Crippen LogP contribution < -0.4 is 10.1 Å². The van der Waals surface area contributed by atoms with Crippen molar-refractivity contribution in [2.45, 2.75) is 0 Å². The Balaban J connectivity index is 1.52. The van der Waals surface area contributed by atoms with Crippen LogP contribution in [-0.2, 0) is 9.53 Å². The van der Waals surface area contributed by atoms with Crippen LogP contribution >= 0.6 is 27.5 Å². The third-order valence-corrected chi connectivity index (χ3v) is 4.41. The number of anilines is 1. The highest BCUT2D eigenvalue weighted by atomic mass is 79.9. The lowest BCUT2D eigenvalue weighted by atomic mass is 10.2. The monoisotopic (exact) mass is 459 g/mol. The highest BCUT2D eigenvalue weighted by Gasteiger charge is 2.12. The fraction of sp³-hybridized carbons (Fsp3) is 0.0476. The zero-order chi connectivity index (χ0) is 19.9. The van der Waals surface area contributed by atoms with Gasteiger partial charge < -0.3 is 14.8 Å². The average molecular weight is 461 g/mol. The second-order valence-electron chi connectivity index (χ2n) is 5.69. The van der Waals surface area contributed by atoms with Crippen LogP contribution in [0, 0.1) is 0 Å². The van der Waals surface area contributed by atoms with E-state index in [1.807, 2.05) is 30.3 Å². The van der Waals surface area contributed by atoms with Gasteiger partial charge in [-0.3, -0.25) is 4.79 Å². The largest absolute Gasteiger partial charge is 0.457 e. The van der Waals surface area contributed by atoms with E-state index in [-0.39, 0.29) is 0 Å². The van der Waals surface area contributed by atoms with Crippen LogP contribution in [0.4, 0.5) is 5.69 Å². The number of hydrogen-bond donors (Lipinski definition) is 1. The molecule has 0 aliphatic heterocycles. The minimum Gasteiger partial charge on any atom is -0.457 e. The number of benzene rings is 3. The number of para-hydroxylation sites is 1. The van der Waals surface area contributed by atoms with Gasteiger partial charge in [0.1, 0.15) is 11.5 Å². The first-order valence-electron chi connectivity index (χ1n) is 8.26. The van der Waals surface area contributed by atoms with Crippen LogP contribution in [0.1, 0.15) is 10.4 Å². The number of esters is 1. The minimum atomic E-state index is -0.608. The first-order chi connectivity index (χ1) is 13.5. The van der Waals surface area contributed by atoms with Gasteiger partial charge >= 0.3 is 5.97 Å². The van der Waals surface area contributed by atoms with Gasteiger partial charge in [-0.25, -0.2) is 4.79 Å². The molecule has 0 aliphatic rings. The van der Waals surface area contributed by atoms with Gasteiger partial charge in [0.15, 0.2) is 6.61 Å². The quantitative estimate of drug-likeness (QED) is 0.480. The fourth-order valence-electron chi connectivity index (χ4n) is 2.28. The number of ether oxygens (including phenoxy) is 2. The Kier molecular flexibility index (Phi) is 6.68. The van der Waals surface area contributed by atoms with Gasteiger partial charge in [-0.05, 0) is 54.6 Å². The van der Waals surface area contributed by atoms with Crippen molar-refractivity contribution < 1.29 is 19.1 Å². The van der Waals surface area contributed by atoms with Crippen molar-refractivity contribution in [2.24, 2.45) is 0 Å². The molecule has 0 unspecified atom stereocenters. The molecule has 0 aliphatic carbocycles. The standard InChI is InChI=1S/C21H15BrClNO4/c22-15-8-11-19(18(23)12-15)24-20(25)13-27-21(26)14-6-9-17(10-7-14)28-16-4-2-1-3-5-16/h1-12H,13H2,(H,24,25). The van der Waals surface area contributed by atoms with Crippen molar-refractivity contribution in [1.82, 2.24) is 0 Å². The van der Waals surface area contributed by atoms with E-state index in [0.29, 0.717) is 27.8 Å². The smallest absolute Gasteiger partial charge is 0.338 e. The Morgan fingerprint density at radius 1 is 0.929 bits per heavy atom. The van der Waals surface area contributed by atoms with Crippen molar-refractivity contribution >= 4 is 45.1 Å². The maximum absolute atomic E-state index is 12.1. The summed E-state index contributed by atoms with van der Waals surface area (Å²) >= 11 is 9.33. The first-order valence-corrected chi connectivity index (χ1v) is 9.43. The van der Waals surface area contributed by atoms with Gasteiger partial charge in [0.2, 0.25) is 0 Å². The van der Waals surface area contributed by atoms with E-state index >= 15 is 0 Å². The maximum atomic E-state index is 12.1. The molecule has 3 aromatic carbocycles.